The minimum absolute atomic E-state index is 0.0170. The van der Waals surface area contributed by atoms with Gasteiger partial charge in [-0.05, 0) is 65.3 Å². The lowest BCUT2D eigenvalue weighted by molar-refractivity contribution is -0.144. The molecule has 2 amide bonds. The van der Waals surface area contributed by atoms with Gasteiger partial charge in [0, 0.05) is 17.5 Å². The molecule has 3 aromatic rings. The predicted octanol–water partition coefficient (Wildman–Crippen LogP) is 7.34. The summed E-state index contributed by atoms with van der Waals surface area (Å²) < 4.78 is 0. The number of hydrogen-bond acceptors (Lipinski definition) is 3. The van der Waals surface area contributed by atoms with Gasteiger partial charge in [-0.3, -0.25) is 9.59 Å². The van der Waals surface area contributed by atoms with E-state index in [1.54, 1.807) is 11.3 Å². The largest absolute Gasteiger partial charge is 0.330 e. The van der Waals surface area contributed by atoms with Crippen molar-refractivity contribution in [3.05, 3.63) is 93.2 Å². The normalized spacial score (nSPS) is 17.0. The molecule has 4 rings (SSSR count). The summed E-state index contributed by atoms with van der Waals surface area (Å²) in [5.74, 6) is -0.187. The summed E-state index contributed by atoms with van der Waals surface area (Å²) in [6.07, 6.45) is 2.36. The Morgan fingerprint density at radius 3 is 2.29 bits per heavy atom. The Kier molecular flexibility index (Phi) is 8.77. The average molecular weight is 531 g/mol. The van der Waals surface area contributed by atoms with Crippen LogP contribution in [0.4, 0.5) is 0 Å². The third kappa shape index (κ3) is 5.88. The quantitative estimate of drug-likeness (QED) is 0.306. The highest BCUT2D eigenvalue weighted by Crippen LogP contribution is 2.39. The monoisotopic (exact) mass is 530 g/mol. The van der Waals surface area contributed by atoms with Crippen LogP contribution < -0.4 is 0 Å². The molecule has 1 aliphatic rings. The van der Waals surface area contributed by atoms with Gasteiger partial charge in [-0.1, -0.05) is 89.2 Å². The Morgan fingerprint density at radius 1 is 1.00 bits per heavy atom. The Bertz CT molecular complexity index is 1230. The van der Waals surface area contributed by atoms with Crippen LogP contribution in [0.5, 0.6) is 0 Å². The van der Waals surface area contributed by atoms with E-state index >= 15 is 0 Å². The number of carbonyl (C=O) groups is 2. The number of nitrogens with zero attached hydrogens (tertiary/aromatic N) is 2. The van der Waals surface area contributed by atoms with Crippen molar-refractivity contribution in [2.75, 3.05) is 13.1 Å². The summed E-state index contributed by atoms with van der Waals surface area (Å²) in [4.78, 5) is 33.1. The summed E-state index contributed by atoms with van der Waals surface area (Å²) >= 11 is 1.77. The number of thiophene rings is 1. The van der Waals surface area contributed by atoms with E-state index in [1.165, 1.54) is 16.0 Å². The van der Waals surface area contributed by atoms with E-state index in [-0.39, 0.29) is 41.8 Å². The molecule has 2 aromatic carbocycles. The van der Waals surface area contributed by atoms with E-state index in [0.29, 0.717) is 13.0 Å². The van der Waals surface area contributed by atoms with Crippen molar-refractivity contribution in [2.45, 2.75) is 84.2 Å². The summed E-state index contributed by atoms with van der Waals surface area (Å²) in [7, 11) is 0. The number of fused-ring (bicyclic) bond motifs is 1. The van der Waals surface area contributed by atoms with Gasteiger partial charge in [0.1, 0.15) is 6.54 Å². The van der Waals surface area contributed by atoms with Crippen LogP contribution in [0, 0.1) is 0 Å². The topological polar surface area (TPSA) is 40.6 Å². The Labute approximate surface area is 232 Å². The van der Waals surface area contributed by atoms with E-state index in [2.05, 4.69) is 70.3 Å². The first-order chi connectivity index (χ1) is 18.2. The van der Waals surface area contributed by atoms with Gasteiger partial charge < -0.3 is 9.80 Å². The van der Waals surface area contributed by atoms with Crippen LogP contribution in [0.15, 0.2) is 66.0 Å². The Hall–Kier alpha value is -2.92. The first-order valence-corrected chi connectivity index (χ1v) is 14.8. The second-order valence-electron chi connectivity index (χ2n) is 11.5. The molecular formula is C33H42N2O2S. The van der Waals surface area contributed by atoms with E-state index in [0.717, 1.165) is 24.0 Å². The molecule has 5 heteroatoms. The van der Waals surface area contributed by atoms with E-state index in [1.807, 2.05) is 47.1 Å². The molecule has 4 nitrogen and oxygen atoms in total. The van der Waals surface area contributed by atoms with Crippen molar-refractivity contribution in [3.8, 4) is 0 Å². The predicted molar refractivity (Wildman–Crippen MR) is 158 cm³/mol. The minimum atomic E-state index is -0.247. The molecule has 3 atom stereocenters. The van der Waals surface area contributed by atoms with Crippen molar-refractivity contribution in [2.24, 2.45) is 0 Å². The van der Waals surface area contributed by atoms with Crippen molar-refractivity contribution in [1.29, 1.82) is 0 Å². The molecule has 0 unspecified atom stereocenters. The standard InChI is InChI=1S/C33H42N2O2S/c1-7-23(3)35(32(37)27(8-2)24-12-10-9-11-13-24)22-30(36)34-20-18-29-28(19-21-38-29)31(34)25-14-16-26(17-15-25)33(4,5)6/h9-17,19,21,23,27,31H,7-8,18,20,22H2,1-6H3/t23-,27+,31-/m1/s1. The highest BCUT2D eigenvalue weighted by atomic mass is 32.1. The number of benzene rings is 2. The van der Waals surface area contributed by atoms with Gasteiger partial charge in [0.15, 0.2) is 0 Å². The number of amides is 2. The third-order valence-electron chi connectivity index (χ3n) is 8.00. The van der Waals surface area contributed by atoms with Crippen LogP contribution >= 0.6 is 11.3 Å². The number of rotatable bonds is 8. The molecule has 0 bridgehead atoms. The second kappa shape index (κ2) is 11.9. The molecule has 0 spiro atoms. The summed E-state index contributed by atoms with van der Waals surface area (Å²) in [5.41, 5.74) is 4.71. The third-order valence-corrected chi connectivity index (χ3v) is 9.00. The molecule has 0 N–H and O–H groups in total. The fourth-order valence-electron chi connectivity index (χ4n) is 5.46. The maximum Gasteiger partial charge on any atom is 0.243 e. The fourth-order valence-corrected chi connectivity index (χ4v) is 6.36. The molecule has 0 saturated heterocycles. The van der Waals surface area contributed by atoms with Crippen molar-refractivity contribution < 1.29 is 9.59 Å². The lowest BCUT2D eigenvalue weighted by atomic mass is 9.85. The van der Waals surface area contributed by atoms with Gasteiger partial charge in [0.05, 0.1) is 12.0 Å². The minimum Gasteiger partial charge on any atom is -0.330 e. The SMILES string of the molecule is CC[C@H](C(=O)N(CC(=O)N1CCc2sccc2[C@H]1c1ccc(C(C)(C)C)cc1)[C@H](C)CC)c1ccccc1. The van der Waals surface area contributed by atoms with Crippen LogP contribution in [0.3, 0.4) is 0 Å². The lowest BCUT2D eigenvalue weighted by Gasteiger charge is -2.39. The lowest BCUT2D eigenvalue weighted by Crippen LogP contribution is -2.50. The van der Waals surface area contributed by atoms with Gasteiger partial charge in [-0.2, -0.15) is 0 Å². The molecule has 38 heavy (non-hydrogen) atoms. The molecule has 0 radical (unpaired) electrons. The first kappa shape index (κ1) is 28.1. The molecule has 0 saturated carbocycles. The van der Waals surface area contributed by atoms with E-state index in [9.17, 15) is 9.59 Å². The van der Waals surface area contributed by atoms with Gasteiger partial charge in [0.25, 0.3) is 0 Å². The zero-order chi connectivity index (χ0) is 27.4. The van der Waals surface area contributed by atoms with Crippen LogP contribution in [-0.4, -0.2) is 40.7 Å². The van der Waals surface area contributed by atoms with E-state index in [4.69, 9.17) is 0 Å². The zero-order valence-electron chi connectivity index (χ0n) is 23.7. The van der Waals surface area contributed by atoms with Crippen molar-refractivity contribution >= 4 is 23.2 Å². The van der Waals surface area contributed by atoms with Crippen LogP contribution in [0.25, 0.3) is 0 Å². The summed E-state index contributed by atoms with van der Waals surface area (Å²) in [5, 5.41) is 2.13. The zero-order valence-corrected chi connectivity index (χ0v) is 24.6. The maximum absolute atomic E-state index is 14.1. The van der Waals surface area contributed by atoms with E-state index < -0.39 is 0 Å². The smallest absolute Gasteiger partial charge is 0.243 e. The highest BCUT2D eigenvalue weighted by molar-refractivity contribution is 7.10. The highest BCUT2D eigenvalue weighted by Gasteiger charge is 2.36. The molecule has 202 valence electrons. The summed E-state index contributed by atoms with van der Waals surface area (Å²) in [6, 6.07) is 20.7. The summed E-state index contributed by atoms with van der Waals surface area (Å²) in [6.45, 7) is 13.6. The molecule has 1 aliphatic heterocycles. The molecule has 1 aromatic heterocycles. The molecule has 0 aliphatic carbocycles. The van der Waals surface area contributed by atoms with Crippen LogP contribution in [-0.2, 0) is 21.4 Å². The Morgan fingerprint density at radius 2 is 1.68 bits per heavy atom. The average Bonchev–Trinajstić information content (AvgIpc) is 3.40. The van der Waals surface area contributed by atoms with Crippen molar-refractivity contribution in [1.82, 2.24) is 9.80 Å². The van der Waals surface area contributed by atoms with Crippen LogP contribution in [0.1, 0.15) is 93.5 Å². The molecule has 2 heterocycles. The van der Waals surface area contributed by atoms with Crippen LogP contribution in [0.2, 0.25) is 0 Å². The first-order valence-electron chi connectivity index (χ1n) is 14.0. The number of carbonyl (C=O) groups excluding carboxylic acids is 2. The maximum atomic E-state index is 14.1. The van der Waals surface area contributed by atoms with Gasteiger partial charge in [-0.25, -0.2) is 0 Å². The van der Waals surface area contributed by atoms with Crippen molar-refractivity contribution in [3.63, 3.8) is 0 Å². The Balaban J connectivity index is 1.64. The van der Waals surface area contributed by atoms with Gasteiger partial charge >= 0.3 is 0 Å². The van der Waals surface area contributed by atoms with Gasteiger partial charge in [-0.15, -0.1) is 11.3 Å². The number of hydrogen-bond donors (Lipinski definition) is 0. The second-order valence-corrected chi connectivity index (χ2v) is 12.5. The molecular weight excluding hydrogens is 488 g/mol. The molecule has 0 fully saturated rings. The van der Waals surface area contributed by atoms with Gasteiger partial charge in [0.2, 0.25) is 11.8 Å². The fraction of sp³-hybridized carbons (Fsp3) is 0.455.